The van der Waals surface area contributed by atoms with E-state index in [0.717, 1.165) is 37.4 Å². The minimum absolute atomic E-state index is 0.0753. The van der Waals surface area contributed by atoms with Crippen LogP contribution in [0, 0.1) is 5.82 Å². The van der Waals surface area contributed by atoms with Gasteiger partial charge in [0.2, 0.25) is 5.91 Å². The lowest BCUT2D eigenvalue weighted by Gasteiger charge is -2.32. The van der Waals surface area contributed by atoms with Gasteiger partial charge in [0.1, 0.15) is 11.9 Å². The maximum Gasteiger partial charge on any atom is 0.238 e. The SMILES string of the molecule is CCOc1ccccc1OC1CCN(CC(=O)Nc2cc(Cl)ccc2F)CC1. The summed E-state index contributed by atoms with van der Waals surface area (Å²) in [5, 5.41) is 2.96. The van der Waals surface area contributed by atoms with Crippen molar-refractivity contribution in [3.8, 4) is 11.5 Å². The molecule has 1 N–H and O–H groups in total. The number of para-hydroxylation sites is 2. The summed E-state index contributed by atoms with van der Waals surface area (Å²) in [6, 6.07) is 11.7. The largest absolute Gasteiger partial charge is 0.490 e. The number of halogens is 2. The number of hydrogen-bond donors (Lipinski definition) is 1. The molecule has 0 atom stereocenters. The minimum atomic E-state index is -0.502. The fourth-order valence-corrected chi connectivity index (χ4v) is 3.35. The van der Waals surface area contributed by atoms with Gasteiger partial charge in [-0.1, -0.05) is 23.7 Å². The van der Waals surface area contributed by atoms with Gasteiger partial charge in [-0.05, 0) is 50.1 Å². The van der Waals surface area contributed by atoms with E-state index in [4.69, 9.17) is 21.1 Å². The van der Waals surface area contributed by atoms with Gasteiger partial charge in [0, 0.05) is 18.1 Å². The van der Waals surface area contributed by atoms with Gasteiger partial charge in [0.05, 0.1) is 18.8 Å². The van der Waals surface area contributed by atoms with E-state index >= 15 is 0 Å². The van der Waals surface area contributed by atoms with Crippen LogP contribution in [0.2, 0.25) is 5.02 Å². The van der Waals surface area contributed by atoms with Crippen molar-refractivity contribution in [3.63, 3.8) is 0 Å². The van der Waals surface area contributed by atoms with E-state index in [0.29, 0.717) is 11.6 Å². The highest BCUT2D eigenvalue weighted by Gasteiger charge is 2.23. The quantitative estimate of drug-likeness (QED) is 0.742. The Bertz CT molecular complexity index is 810. The molecule has 150 valence electrons. The van der Waals surface area contributed by atoms with Crippen molar-refractivity contribution in [1.29, 1.82) is 0 Å². The number of rotatable bonds is 7. The zero-order valence-electron chi connectivity index (χ0n) is 15.8. The Morgan fingerprint density at radius 2 is 1.93 bits per heavy atom. The third-order valence-electron chi connectivity index (χ3n) is 4.55. The van der Waals surface area contributed by atoms with E-state index in [-0.39, 0.29) is 24.2 Å². The predicted molar refractivity (Wildman–Crippen MR) is 108 cm³/mol. The van der Waals surface area contributed by atoms with E-state index < -0.39 is 5.82 Å². The molecule has 1 aliphatic heterocycles. The molecule has 28 heavy (non-hydrogen) atoms. The molecule has 0 aromatic heterocycles. The third kappa shape index (κ3) is 5.59. The minimum Gasteiger partial charge on any atom is -0.490 e. The van der Waals surface area contributed by atoms with Crippen LogP contribution in [0.5, 0.6) is 11.5 Å². The number of nitrogens with zero attached hydrogens (tertiary/aromatic N) is 1. The monoisotopic (exact) mass is 406 g/mol. The van der Waals surface area contributed by atoms with Crippen LogP contribution < -0.4 is 14.8 Å². The Morgan fingerprint density at radius 3 is 2.64 bits per heavy atom. The van der Waals surface area contributed by atoms with Crippen molar-refractivity contribution < 1.29 is 18.7 Å². The Hall–Kier alpha value is -2.31. The van der Waals surface area contributed by atoms with Crippen LogP contribution in [0.15, 0.2) is 42.5 Å². The molecule has 0 saturated carbocycles. The van der Waals surface area contributed by atoms with E-state index in [1.165, 1.54) is 18.2 Å². The number of amides is 1. The van der Waals surface area contributed by atoms with Gasteiger partial charge < -0.3 is 14.8 Å². The first kappa shape index (κ1) is 20.4. The number of ether oxygens (including phenoxy) is 2. The van der Waals surface area contributed by atoms with Crippen LogP contribution in [0.1, 0.15) is 19.8 Å². The molecule has 0 bridgehead atoms. The van der Waals surface area contributed by atoms with Gasteiger partial charge in [-0.3, -0.25) is 9.69 Å². The molecule has 0 radical (unpaired) electrons. The first-order valence-electron chi connectivity index (χ1n) is 9.41. The molecule has 5 nitrogen and oxygen atoms in total. The van der Waals surface area contributed by atoms with Gasteiger partial charge >= 0.3 is 0 Å². The molecular formula is C21H24ClFN2O3. The number of likely N-dealkylation sites (tertiary alicyclic amines) is 1. The summed E-state index contributed by atoms with van der Waals surface area (Å²) in [4.78, 5) is 14.3. The average Bonchev–Trinajstić information content (AvgIpc) is 2.68. The summed E-state index contributed by atoms with van der Waals surface area (Å²) >= 11 is 5.85. The van der Waals surface area contributed by atoms with Crippen LogP contribution in [0.3, 0.4) is 0 Å². The summed E-state index contributed by atoms with van der Waals surface area (Å²) in [6.45, 7) is 4.19. The number of benzene rings is 2. The number of carbonyl (C=O) groups excluding carboxylic acids is 1. The molecule has 1 amide bonds. The van der Waals surface area contributed by atoms with Gasteiger partial charge in [0.25, 0.3) is 0 Å². The van der Waals surface area contributed by atoms with Crippen molar-refractivity contribution in [3.05, 3.63) is 53.3 Å². The van der Waals surface area contributed by atoms with E-state index in [1.807, 2.05) is 36.1 Å². The molecule has 1 aliphatic rings. The normalized spacial score (nSPS) is 15.2. The molecule has 7 heteroatoms. The molecule has 2 aromatic carbocycles. The molecule has 1 saturated heterocycles. The highest BCUT2D eigenvalue weighted by molar-refractivity contribution is 6.30. The number of hydrogen-bond acceptors (Lipinski definition) is 4. The fourth-order valence-electron chi connectivity index (χ4n) is 3.17. The van der Waals surface area contributed by atoms with Gasteiger partial charge in [-0.25, -0.2) is 4.39 Å². The molecule has 3 rings (SSSR count). The third-order valence-corrected chi connectivity index (χ3v) is 4.78. The van der Waals surface area contributed by atoms with Crippen molar-refractivity contribution in [2.75, 3.05) is 31.6 Å². The number of nitrogens with one attached hydrogen (secondary N) is 1. The highest BCUT2D eigenvalue weighted by atomic mass is 35.5. The zero-order chi connectivity index (χ0) is 19.9. The average molecular weight is 407 g/mol. The molecule has 1 fully saturated rings. The molecule has 0 spiro atoms. The lowest BCUT2D eigenvalue weighted by atomic mass is 10.1. The lowest BCUT2D eigenvalue weighted by Crippen LogP contribution is -2.42. The number of anilines is 1. The standard InChI is InChI=1S/C21H24ClFN2O3/c1-2-27-19-5-3-4-6-20(19)28-16-9-11-25(12-10-16)14-21(26)24-18-13-15(22)7-8-17(18)23/h3-8,13,16H,2,9-12,14H2,1H3,(H,24,26). The Labute approximate surface area is 169 Å². The summed E-state index contributed by atoms with van der Waals surface area (Å²) in [5.41, 5.74) is 0.100. The maximum atomic E-state index is 13.7. The van der Waals surface area contributed by atoms with Gasteiger partial charge in [0.15, 0.2) is 11.5 Å². The number of piperidine rings is 1. The van der Waals surface area contributed by atoms with E-state index in [2.05, 4.69) is 5.32 Å². The molecule has 1 heterocycles. The van der Waals surface area contributed by atoms with Crippen LogP contribution >= 0.6 is 11.6 Å². The van der Waals surface area contributed by atoms with Gasteiger partial charge in [-0.15, -0.1) is 0 Å². The zero-order valence-corrected chi connectivity index (χ0v) is 16.5. The van der Waals surface area contributed by atoms with Crippen LogP contribution in [0.4, 0.5) is 10.1 Å². The second-order valence-electron chi connectivity index (χ2n) is 6.65. The van der Waals surface area contributed by atoms with Crippen molar-refractivity contribution >= 4 is 23.2 Å². The number of carbonyl (C=O) groups is 1. The van der Waals surface area contributed by atoms with Crippen LogP contribution in [0.25, 0.3) is 0 Å². The van der Waals surface area contributed by atoms with Crippen molar-refractivity contribution in [2.24, 2.45) is 0 Å². The van der Waals surface area contributed by atoms with Crippen molar-refractivity contribution in [1.82, 2.24) is 4.90 Å². The topological polar surface area (TPSA) is 50.8 Å². The highest BCUT2D eigenvalue weighted by Crippen LogP contribution is 2.29. The predicted octanol–water partition coefficient (Wildman–Crippen LogP) is 4.36. The lowest BCUT2D eigenvalue weighted by molar-refractivity contribution is -0.117. The summed E-state index contributed by atoms with van der Waals surface area (Å²) in [7, 11) is 0. The van der Waals surface area contributed by atoms with E-state index in [9.17, 15) is 9.18 Å². The Balaban J connectivity index is 1.48. The summed E-state index contributed by atoms with van der Waals surface area (Å²) in [6.07, 6.45) is 1.68. The van der Waals surface area contributed by atoms with E-state index in [1.54, 1.807) is 0 Å². The van der Waals surface area contributed by atoms with Crippen molar-refractivity contribution in [2.45, 2.75) is 25.9 Å². The van der Waals surface area contributed by atoms with Gasteiger partial charge in [-0.2, -0.15) is 0 Å². The smallest absolute Gasteiger partial charge is 0.238 e. The fraction of sp³-hybridized carbons (Fsp3) is 0.381. The second-order valence-corrected chi connectivity index (χ2v) is 7.08. The molecular weight excluding hydrogens is 383 g/mol. The summed E-state index contributed by atoms with van der Waals surface area (Å²) in [5.74, 6) is 0.729. The molecule has 0 aliphatic carbocycles. The summed E-state index contributed by atoms with van der Waals surface area (Å²) < 4.78 is 25.4. The molecule has 2 aromatic rings. The maximum absolute atomic E-state index is 13.7. The van der Waals surface area contributed by atoms with Crippen LogP contribution in [-0.2, 0) is 4.79 Å². The molecule has 0 unspecified atom stereocenters. The Morgan fingerprint density at radius 1 is 1.21 bits per heavy atom. The first-order chi connectivity index (χ1) is 13.5. The van der Waals surface area contributed by atoms with Crippen LogP contribution in [-0.4, -0.2) is 43.2 Å². The second kappa shape index (κ2) is 9.75. The Kier molecular flexibility index (Phi) is 7.12. The first-order valence-corrected chi connectivity index (χ1v) is 9.78.